The number of hydrogen-bond donors (Lipinski definition) is 0. The quantitative estimate of drug-likeness (QED) is 0.654. The van der Waals surface area contributed by atoms with Crippen LogP contribution in [-0.2, 0) is 14.4 Å². The Morgan fingerprint density at radius 1 is 1.00 bits per heavy atom. The largest absolute Gasteiger partial charge is 0.300 e. The number of hydrogen-bond acceptors (Lipinski definition) is 4. The van der Waals surface area contributed by atoms with Crippen LogP contribution >= 0.6 is 11.8 Å². The maximum Gasteiger partial charge on any atom is 0.242 e. The van der Waals surface area contributed by atoms with Gasteiger partial charge in [0.05, 0.1) is 5.25 Å². The molecule has 1 atom stereocenters. The molecule has 0 aromatic carbocycles. The van der Waals surface area contributed by atoms with Crippen molar-refractivity contribution in [3.63, 3.8) is 0 Å². The Bertz CT molecular complexity index is 390. The van der Waals surface area contributed by atoms with E-state index >= 15 is 0 Å². The van der Waals surface area contributed by atoms with E-state index in [1.807, 2.05) is 47.8 Å². The zero-order valence-corrected chi connectivity index (χ0v) is 18.4. The van der Waals surface area contributed by atoms with Crippen LogP contribution in [0.25, 0.3) is 0 Å². The van der Waals surface area contributed by atoms with Crippen LogP contribution < -0.4 is 0 Å². The average Bonchev–Trinajstić information content (AvgIpc) is 2.94. The number of nitrogens with zero attached hydrogens (tertiary/aromatic N) is 1. The lowest BCUT2D eigenvalue weighted by atomic mass is 9.80. The topological polar surface area (TPSA) is 54.5 Å². The average molecular weight is 374 g/mol. The summed E-state index contributed by atoms with van der Waals surface area (Å²) in [7, 11) is 0. The van der Waals surface area contributed by atoms with Crippen molar-refractivity contribution in [2.24, 2.45) is 11.8 Å². The van der Waals surface area contributed by atoms with E-state index in [2.05, 4.69) is 0 Å². The van der Waals surface area contributed by atoms with Crippen LogP contribution in [0.15, 0.2) is 0 Å². The van der Waals surface area contributed by atoms with Crippen LogP contribution in [0.3, 0.4) is 0 Å². The van der Waals surface area contributed by atoms with E-state index in [4.69, 9.17) is 0 Å². The molecule has 0 N–H and O–H groups in total. The number of carbonyl (C=O) groups is 3. The fourth-order valence-electron chi connectivity index (χ4n) is 3.04. The minimum atomic E-state index is -0.180. The summed E-state index contributed by atoms with van der Waals surface area (Å²) in [4.78, 5) is 36.6. The highest BCUT2D eigenvalue weighted by Gasteiger charge is 2.39. The summed E-state index contributed by atoms with van der Waals surface area (Å²) in [5.41, 5.74) is 0. The van der Waals surface area contributed by atoms with Crippen LogP contribution in [-0.4, -0.2) is 40.5 Å². The summed E-state index contributed by atoms with van der Waals surface area (Å²) in [6.45, 7) is 14.2. The van der Waals surface area contributed by atoms with Gasteiger partial charge in [-0.3, -0.25) is 19.3 Å². The molecule has 5 heteroatoms. The summed E-state index contributed by atoms with van der Waals surface area (Å²) in [5.74, 6) is 0.794. The van der Waals surface area contributed by atoms with Crippen LogP contribution in [0.4, 0.5) is 0 Å². The van der Waals surface area contributed by atoms with Crippen molar-refractivity contribution in [3.8, 4) is 0 Å². The van der Waals surface area contributed by atoms with E-state index in [0.717, 1.165) is 25.7 Å². The summed E-state index contributed by atoms with van der Waals surface area (Å²) in [6, 6.07) is 0. The van der Waals surface area contributed by atoms with Crippen LogP contribution in [0, 0.1) is 11.8 Å². The van der Waals surface area contributed by atoms with Gasteiger partial charge in [-0.15, -0.1) is 0 Å². The van der Waals surface area contributed by atoms with Gasteiger partial charge < -0.3 is 0 Å². The number of Topliss-reactive ketones (excluding diaryl/α,β-unsaturated/α-hetero) is 1. The van der Waals surface area contributed by atoms with Gasteiger partial charge in [0.25, 0.3) is 0 Å². The first-order valence-corrected chi connectivity index (χ1v) is 11.2. The van der Waals surface area contributed by atoms with Crippen molar-refractivity contribution in [2.45, 2.75) is 85.8 Å². The van der Waals surface area contributed by atoms with Gasteiger partial charge in [0.2, 0.25) is 11.8 Å². The van der Waals surface area contributed by atoms with E-state index in [-0.39, 0.29) is 28.8 Å². The Morgan fingerprint density at radius 3 is 1.84 bits per heavy atom. The summed E-state index contributed by atoms with van der Waals surface area (Å²) >= 11 is 1.46. The highest BCUT2D eigenvalue weighted by atomic mass is 32.2. The SMILES string of the molecule is CC.CC.CC.CSC1CC(=O)N(CC2CCC(C(C)=O)CC2)C1=O. The first kappa shape index (κ1) is 26.4. The Morgan fingerprint density at radius 2 is 1.48 bits per heavy atom. The Labute approximate surface area is 159 Å². The highest BCUT2D eigenvalue weighted by Crippen LogP contribution is 2.32. The van der Waals surface area contributed by atoms with Crippen molar-refractivity contribution < 1.29 is 14.4 Å². The molecule has 0 aromatic rings. The number of likely N-dealkylation sites (tertiary alicyclic amines) is 1. The third-order valence-corrected chi connectivity index (χ3v) is 5.29. The molecular formula is C20H39NO3S. The first-order chi connectivity index (χ1) is 12.0. The van der Waals surface area contributed by atoms with Crippen LogP contribution in [0.2, 0.25) is 0 Å². The number of ketones is 1. The third-order valence-electron chi connectivity index (χ3n) is 4.35. The molecule has 148 valence electrons. The van der Waals surface area contributed by atoms with Gasteiger partial charge in [-0.2, -0.15) is 11.8 Å². The molecule has 0 radical (unpaired) electrons. The molecular weight excluding hydrogens is 334 g/mol. The standard InChI is InChI=1S/C14H21NO3S.3C2H6/c1-9(16)11-5-3-10(4-6-11)8-15-13(17)7-12(19-2)14(15)18;3*1-2/h10-12H,3-8H2,1-2H3;3*1-2H3. The molecule has 2 aliphatic rings. The second-order valence-electron chi connectivity index (χ2n) is 5.60. The van der Waals surface area contributed by atoms with Gasteiger partial charge in [-0.05, 0) is 44.8 Å². The third kappa shape index (κ3) is 8.39. The molecule has 1 aliphatic carbocycles. The zero-order chi connectivity index (χ0) is 20.0. The van der Waals surface area contributed by atoms with Gasteiger partial charge in [-0.25, -0.2) is 0 Å². The molecule has 1 unspecified atom stereocenters. The minimum Gasteiger partial charge on any atom is -0.300 e. The Balaban J connectivity index is 0. The van der Waals surface area contributed by atoms with Gasteiger partial charge in [0, 0.05) is 18.9 Å². The number of thioether (sulfide) groups is 1. The van der Waals surface area contributed by atoms with E-state index < -0.39 is 0 Å². The molecule has 2 amide bonds. The summed E-state index contributed by atoms with van der Waals surface area (Å²) in [6.07, 6.45) is 5.93. The van der Waals surface area contributed by atoms with Crippen molar-refractivity contribution in [1.29, 1.82) is 0 Å². The van der Waals surface area contributed by atoms with Crippen LogP contribution in [0.1, 0.15) is 80.6 Å². The van der Waals surface area contributed by atoms with Gasteiger partial charge in [0.15, 0.2) is 0 Å². The molecule has 0 aromatic heterocycles. The second-order valence-corrected chi connectivity index (χ2v) is 6.64. The maximum absolute atomic E-state index is 12.0. The Hall–Kier alpha value is -0.840. The monoisotopic (exact) mass is 373 g/mol. The number of imide groups is 1. The molecule has 0 bridgehead atoms. The van der Waals surface area contributed by atoms with Crippen molar-refractivity contribution in [2.75, 3.05) is 12.8 Å². The normalized spacial score (nSPS) is 25.0. The van der Waals surface area contributed by atoms with Crippen molar-refractivity contribution in [3.05, 3.63) is 0 Å². The molecule has 1 heterocycles. The molecule has 4 nitrogen and oxygen atoms in total. The van der Waals surface area contributed by atoms with Gasteiger partial charge in [-0.1, -0.05) is 41.5 Å². The molecule has 25 heavy (non-hydrogen) atoms. The predicted octanol–water partition coefficient (Wildman–Crippen LogP) is 4.95. The highest BCUT2D eigenvalue weighted by molar-refractivity contribution is 8.00. The first-order valence-electron chi connectivity index (χ1n) is 9.90. The summed E-state index contributed by atoms with van der Waals surface area (Å²) in [5, 5.41) is -0.180. The number of carbonyl (C=O) groups excluding carboxylic acids is 3. The lowest BCUT2D eigenvalue weighted by Crippen LogP contribution is -2.37. The van der Waals surface area contributed by atoms with Crippen LogP contribution in [0.5, 0.6) is 0 Å². The Kier molecular flexibility index (Phi) is 16.3. The molecule has 1 aliphatic heterocycles. The van der Waals surface area contributed by atoms with E-state index in [9.17, 15) is 14.4 Å². The summed E-state index contributed by atoms with van der Waals surface area (Å²) < 4.78 is 0. The van der Waals surface area contributed by atoms with Gasteiger partial charge >= 0.3 is 0 Å². The zero-order valence-electron chi connectivity index (χ0n) is 17.6. The van der Waals surface area contributed by atoms with Crippen molar-refractivity contribution in [1.82, 2.24) is 4.90 Å². The maximum atomic E-state index is 12.0. The number of rotatable bonds is 4. The fraction of sp³-hybridized carbons (Fsp3) is 0.850. The van der Waals surface area contributed by atoms with Crippen molar-refractivity contribution >= 4 is 29.4 Å². The second kappa shape index (κ2) is 15.4. The molecule has 0 spiro atoms. The predicted molar refractivity (Wildman–Crippen MR) is 109 cm³/mol. The van der Waals surface area contributed by atoms with Gasteiger partial charge in [0.1, 0.15) is 5.78 Å². The minimum absolute atomic E-state index is 0.0220. The molecule has 2 fully saturated rings. The van der Waals surface area contributed by atoms with E-state index in [1.165, 1.54) is 16.7 Å². The molecule has 2 rings (SSSR count). The van der Waals surface area contributed by atoms with E-state index in [0.29, 0.717) is 18.9 Å². The lowest BCUT2D eigenvalue weighted by Gasteiger charge is -2.29. The smallest absolute Gasteiger partial charge is 0.242 e. The van der Waals surface area contributed by atoms with E-state index in [1.54, 1.807) is 6.92 Å². The molecule has 1 saturated carbocycles. The fourth-order valence-corrected chi connectivity index (χ4v) is 3.68. The lowest BCUT2D eigenvalue weighted by molar-refractivity contribution is -0.139. The number of amides is 2. The molecule has 1 saturated heterocycles.